The molecule has 1 saturated heterocycles. The van der Waals surface area contributed by atoms with Crippen LogP contribution in [-0.4, -0.2) is 58.4 Å². The second-order valence-corrected chi connectivity index (χ2v) is 7.96. The average Bonchev–Trinajstić information content (AvgIpc) is 2.62. The van der Waals surface area contributed by atoms with E-state index in [4.69, 9.17) is 4.74 Å². The Kier molecular flexibility index (Phi) is 7.50. The molecule has 1 N–H and O–H groups in total. The second-order valence-electron chi connectivity index (χ2n) is 7.96. The SMILES string of the molecule is CCCN(CC(=O)OC(C)(C)C)N(C(=O)c1ccccc1)C1CCC(=O)NC1=O. The summed E-state index contributed by atoms with van der Waals surface area (Å²) < 4.78 is 5.41. The lowest BCUT2D eigenvalue weighted by molar-refractivity contribution is -0.163. The molecule has 29 heavy (non-hydrogen) atoms. The minimum Gasteiger partial charge on any atom is -0.459 e. The first-order valence-corrected chi connectivity index (χ1v) is 9.81. The molecule has 2 rings (SSSR count). The highest BCUT2D eigenvalue weighted by atomic mass is 16.6. The van der Waals surface area contributed by atoms with E-state index in [0.29, 0.717) is 18.5 Å². The van der Waals surface area contributed by atoms with E-state index in [9.17, 15) is 19.2 Å². The number of imide groups is 1. The van der Waals surface area contributed by atoms with Crippen molar-refractivity contribution in [3.05, 3.63) is 35.9 Å². The van der Waals surface area contributed by atoms with Crippen molar-refractivity contribution in [2.24, 2.45) is 0 Å². The van der Waals surface area contributed by atoms with Crippen molar-refractivity contribution < 1.29 is 23.9 Å². The van der Waals surface area contributed by atoms with Crippen molar-refractivity contribution in [2.45, 2.75) is 58.6 Å². The van der Waals surface area contributed by atoms with E-state index in [0.717, 1.165) is 0 Å². The smallest absolute Gasteiger partial charge is 0.322 e. The quantitative estimate of drug-likeness (QED) is 0.424. The number of hydrogen-bond donors (Lipinski definition) is 1. The van der Waals surface area contributed by atoms with Crippen LogP contribution in [0.15, 0.2) is 30.3 Å². The van der Waals surface area contributed by atoms with Gasteiger partial charge in [-0.25, -0.2) is 5.01 Å². The van der Waals surface area contributed by atoms with E-state index in [1.807, 2.05) is 6.92 Å². The first kappa shape index (κ1) is 22.5. The zero-order valence-electron chi connectivity index (χ0n) is 17.4. The van der Waals surface area contributed by atoms with Gasteiger partial charge < -0.3 is 4.74 Å². The van der Waals surface area contributed by atoms with Gasteiger partial charge in [0.1, 0.15) is 18.2 Å². The molecule has 8 nitrogen and oxygen atoms in total. The van der Waals surface area contributed by atoms with Crippen molar-refractivity contribution in [1.82, 2.24) is 15.3 Å². The highest BCUT2D eigenvalue weighted by molar-refractivity contribution is 6.03. The van der Waals surface area contributed by atoms with Gasteiger partial charge in [0, 0.05) is 18.5 Å². The van der Waals surface area contributed by atoms with Gasteiger partial charge in [0.25, 0.3) is 11.8 Å². The van der Waals surface area contributed by atoms with Crippen LogP contribution < -0.4 is 5.32 Å². The van der Waals surface area contributed by atoms with Crippen LogP contribution in [0.3, 0.4) is 0 Å². The van der Waals surface area contributed by atoms with Gasteiger partial charge in [0.15, 0.2) is 0 Å². The number of nitrogens with one attached hydrogen (secondary N) is 1. The topological polar surface area (TPSA) is 96.0 Å². The maximum Gasteiger partial charge on any atom is 0.322 e. The Hall–Kier alpha value is -2.74. The fourth-order valence-corrected chi connectivity index (χ4v) is 3.14. The van der Waals surface area contributed by atoms with E-state index in [2.05, 4.69) is 5.32 Å². The Morgan fingerprint density at radius 2 is 1.83 bits per heavy atom. The maximum atomic E-state index is 13.3. The van der Waals surface area contributed by atoms with Gasteiger partial charge in [-0.2, -0.15) is 0 Å². The lowest BCUT2D eigenvalue weighted by Gasteiger charge is -2.40. The first-order chi connectivity index (χ1) is 13.6. The Bertz CT molecular complexity index is 757. The summed E-state index contributed by atoms with van der Waals surface area (Å²) in [4.78, 5) is 49.9. The number of piperidine rings is 1. The summed E-state index contributed by atoms with van der Waals surface area (Å²) in [7, 11) is 0. The summed E-state index contributed by atoms with van der Waals surface area (Å²) >= 11 is 0. The lowest BCUT2D eigenvalue weighted by Crippen LogP contribution is -2.61. The molecule has 1 fully saturated rings. The summed E-state index contributed by atoms with van der Waals surface area (Å²) in [6.07, 6.45) is 0.966. The normalized spacial score (nSPS) is 17.1. The fourth-order valence-electron chi connectivity index (χ4n) is 3.14. The van der Waals surface area contributed by atoms with E-state index < -0.39 is 29.4 Å². The third kappa shape index (κ3) is 6.39. The van der Waals surface area contributed by atoms with Gasteiger partial charge >= 0.3 is 5.97 Å². The molecule has 0 saturated carbocycles. The predicted octanol–water partition coefficient (Wildman–Crippen LogP) is 1.90. The molecule has 8 heteroatoms. The zero-order valence-corrected chi connectivity index (χ0v) is 17.4. The number of ether oxygens (including phenoxy) is 1. The monoisotopic (exact) mass is 403 g/mol. The molecule has 1 aliphatic heterocycles. The van der Waals surface area contributed by atoms with Gasteiger partial charge in [0.2, 0.25) is 5.91 Å². The van der Waals surface area contributed by atoms with Crippen LogP contribution in [0.25, 0.3) is 0 Å². The zero-order chi connectivity index (χ0) is 21.6. The highest BCUT2D eigenvalue weighted by Gasteiger charge is 2.39. The highest BCUT2D eigenvalue weighted by Crippen LogP contribution is 2.20. The Morgan fingerprint density at radius 3 is 2.38 bits per heavy atom. The average molecular weight is 403 g/mol. The third-order valence-corrected chi connectivity index (χ3v) is 4.25. The number of rotatable bonds is 7. The number of amides is 3. The number of carbonyl (C=O) groups is 4. The van der Waals surface area contributed by atoms with E-state index in [1.165, 1.54) is 5.01 Å². The van der Waals surface area contributed by atoms with Gasteiger partial charge in [0.05, 0.1) is 0 Å². The summed E-state index contributed by atoms with van der Waals surface area (Å²) in [6, 6.07) is 7.67. The van der Waals surface area contributed by atoms with E-state index in [-0.39, 0.29) is 25.3 Å². The summed E-state index contributed by atoms with van der Waals surface area (Å²) in [5, 5.41) is 5.15. The van der Waals surface area contributed by atoms with Crippen molar-refractivity contribution in [3.8, 4) is 0 Å². The largest absolute Gasteiger partial charge is 0.459 e. The minimum atomic E-state index is -0.880. The summed E-state index contributed by atoms with van der Waals surface area (Å²) in [5.74, 6) is -1.82. The molecule has 1 aromatic rings. The Morgan fingerprint density at radius 1 is 1.17 bits per heavy atom. The number of hydrazine groups is 1. The molecular formula is C21H29N3O5. The number of carbonyl (C=O) groups excluding carboxylic acids is 4. The molecule has 0 radical (unpaired) electrons. The van der Waals surface area contributed by atoms with Crippen molar-refractivity contribution in [3.63, 3.8) is 0 Å². The Balaban J connectivity index is 2.36. The van der Waals surface area contributed by atoms with Crippen LogP contribution in [0.4, 0.5) is 0 Å². The van der Waals surface area contributed by atoms with Crippen LogP contribution >= 0.6 is 0 Å². The molecule has 1 aliphatic rings. The number of nitrogens with zero attached hydrogens (tertiary/aromatic N) is 2. The molecule has 1 atom stereocenters. The van der Waals surface area contributed by atoms with Gasteiger partial charge in [-0.1, -0.05) is 25.1 Å². The van der Waals surface area contributed by atoms with Crippen LogP contribution in [-0.2, 0) is 19.1 Å². The lowest BCUT2D eigenvalue weighted by atomic mass is 10.0. The number of esters is 1. The molecule has 1 heterocycles. The van der Waals surface area contributed by atoms with Crippen molar-refractivity contribution in [1.29, 1.82) is 0 Å². The van der Waals surface area contributed by atoms with Crippen LogP contribution in [0.1, 0.15) is 57.3 Å². The minimum absolute atomic E-state index is 0.126. The van der Waals surface area contributed by atoms with Crippen molar-refractivity contribution >= 4 is 23.7 Å². The fraction of sp³-hybridized carbons (Fsp3) is 0.524. The molecule has 1 aromatic carbocycles. The van der Waals surface area contributed by atoms with Gasteiger partial charge in [-0.05, 0) is 45.7 Å². The van der Waals surface area contributed by atoms with Crippen LogP contribution in [0.5, 0.6) is 0 Å². The third-order valence-electron chi connectivity index (χ3n) is 4.25. The van der Waals surface area contributed by atoms with Gasteiger partial charge in [-0.15, -0.1) is 0 Å². The molecule has 0 aliphatic carbocycles. The number of hydrogen-bond acceptors (Lipinski definition) is 6. The second kappa shape index (κ2) is 9.65. The summed E-state index contributed by atoms with van der Waals surface area (Å²) in [6.45, 7) is 7.40. The van der Waals surface area contributed by atoms with E-state index in [1.54, 1.807) is 56.1 Å². The molecule has 3 amide bonds. The molecule has 0 spiro atoms. The maximum absolute atomic E-state index is 13.3. The molecule has 1 unspecified atom stereocenters. The van der Waals surface area contributed by atoms with Gasteiger partial charge in [-0.3, -0.25) is 29.5 Å². The molecule has 0 aromatic heterocycles. The van der Waals surface area contributed by atoms with Crippen LogP contribution in [0.2, 0.25) is 0 Å². The molecule has 158 valence electrons. The Labute approximate surface area is 171 Å². The standard InChI is InChI=1S/C21H29N3O5/c1-5-13-23(14-18(26)29-21(2,3)4)24(16-11-12-17(25)22-19(16)27)20(28)15-9-7-6-8-10-15/h6-10,16H,5,11-14H2,1-4H3,(H,22,25,27). The predicted molar refractivity (Wildman–Crippen MR) is 106 cm³/mol. The van der Waals surface area contributed by atoms with Crippen LogP contribution in [0, 0.1) is 0 Å². The summed E-state index contributed by atoms with van der Waals surface area (Å²) in [5.41, 5.74) is -0.278. The first-order valence-electron chi connectivity index (χ1n) is 9.81. The van der Waals surface area contributed by atoms with Crippen molar-refractivity contribution in [2.75, 3.05) is 13.1 Å². The molecule has 0 bridgehead atoms. The van der Waals surface area contributed by atoms with E-state index >= 15 is 0 Å². The number of benzene rings is 1. The molecular weight excluding hydrogens is 374 g/mol.